The van der Waals surface area contributed by atoms with E-state index in [0.29, 0.717) is 16.8 Å². The number of benzene rings is 1. The molecule has 2 aromatic rings. The third-order valence-electron chi connectivity index (χ3n) is 3.65. The molecule has 1 aliphatic rings. The van der Waals surface area contributed by atoms with Gasteiger partial charge in [0.05, 0.1) is 11.1 Å². The molecule has 1 N–H and O–H groups in total. The van der Waals surface area contributed by atoms with Gasteiger partial charge in [-0.15, -0.1) is 0 Å². The lowest BCUT2D eigenvalue weighted by atomic mass is 10.1. The number of anilines is 1. The fourth-order valence-electron chi connectivity index (χ4n) is 2.48. The Bertz CT molecular complexity index is 787. The number of aryl methyl sites for hydroxylation is 1. The minimum absolute atomic E-state index is 0.0484. The van der Waals surface area contributed by atoms with E-state index in [1.807, 2.05) is 6.92 Å². The van der Waals surface area contributed by atoms with Gasteiger partial charge in [-0.2, -0.15) is 0 Å². The van der Waals surface area contributed by atoms with Crippen LogP contribution in [0, 0.1) is 6.92 Å². The Morgan fingerprint density at radius 3 is 2.52 bits per heavy atom. The number of hydrogen-bond acceptors (Lipinski definition) is 4. The Morgan fingerprint density at radius 2 is 1.78 bits per heavy atom. The van der Waals surface area contributed by atoms with E-state index in [-0.39, 0.29) is 30.7 Å². The summed E-state index contributed by atoms with van der Waals surface area (Å²) >= 11 is 0. The first-order valence-electron chi connectivity index (χ1n) is 7.23. The third kappa shape index (κ3) is 2.96. The minimum Gasteiger partial charge on any atom is -0.326 e. The van der Waals surface area contributed by atoms with Gasteiger partial charge in [-0.05, 0) is 31.2 Å². The van der Waals surface area contributed by atoms with E-state index in [4.69, 9.17) is 0 Å². The fourth-order valence-corrected chi connectivity index (χ4v) is 2.48. The van der Waals surface area contributed by atoms with Crippen LogP contribution in [0.25, 0.3) is 0 Å². The van der Waals surface area contributed by atoms with Gasteiger partial charge in [0.25, 0.3) is 11.8 Å². The average molecular weight is 309 g/mol. The number of rotatable bonds is 4. The summed E-state index contributed by atoms with van der Waals surface area (Å²) in [5.74, 6) is -0.948. The second-order valence-electron chi connectivity index (χ2n) is 5.35. The van der Waals surface area contributed by atoms with Crippen molar-refractivity contribution in [2.75, 3.05) is 11.9 Å². The Balaban J connectivity index is 1.64. The summed E-state index contributed by atoms with van der Waals surface area (Å²) in [5, 5.41) is 2.70. The summed E-state index contributed by atoms with van der Waals surface area (Å²) in [6.07, 6.45) is 3.19. The maximum atomic E-state index is 12.3. The second-order valence-corrected chi connectivity index (χ2v) is 5.35. The Morgan fingerprint density at radius 1 is 1.09 bits per heavy atom. The lowest BCUT2D eigenvalue weighted by Crippen LogP contribution is -2.32. The molecule has 3 rings (SSSR count). The largest absolute Gasteiger partial charge is 0.326 e. The van der Waals surface area contributed by atoms with Crippen LogP contribution in [-0.2, 0) is 4.79 Å². The van der Waals surface area contributed by atoms with Crippen LogP contribution in [-0.4, -0.2) is 34.2 Å². The summed E-state index contributed by atoms with van der Waals surface area (Å²) in [6.45, 7) is 1.92. The number of amides is 3. The number of hydrogen-bond donors (Lipinski definition) is 1. The number of carbonyl (C=O) groups excluding carboxylic acids is 3. The molecule has 0 fully saturated rings. The molecule has 1 aromatic carbocycles. The van der Waals surface area contributed by atoms with E-state index in [1.54, 1.807) is 42.7 Å². The topological polar surface area (TPSA) is 79.4 Å². The van der Waals surface area contributed by atoms with Crippen molar-refractivity contribution in [3.05, 3.63) is 59.4 Å². The zero-order chi connectivity index (χ0) is 16.4. The first kappa shape index (κ1) is 14.9. The average Bonchev–Trinajstić information content (AvgIpc) is 2.77. The molecule has 0 spiro atoms. The number of pyridine rings is 1. The van der Waals surface area contributed by atoms with Crippen molar-refractivity contribution in [1.82, 2.24) is 9.88 Å². The fraction of sp³-hybridized carbons (Fsp3) is 0.176. The number of nitrogens with one attached hydrogen (secondary N) is 1. The highest BCUT2D eigenvalue weighted by molar-refractivity contribution is 6.21. The number of carbonyl (C=O) groups is 3. The second kappa shape index (κ2) is 6.00. The predicted molar refractivity (Wildman–Crippen MR) is 84.0 cm³/mol. The van der Waals surface area contributed by atoms with Gasteiger partial charge in [-0.1, -0.05) is 11.6 Å². The van der Waals surface area contributed by atoms with Gasteiger partial charge < -0.3 is 5.32 Å². The van der Waals surface area contributed by atoms with E-state index in [2.05, 4.69) is 10.3 Å². The molecule has 0 saturated heterocycles. The van der Waals surface area contributed by atoms with Crippen LogP contribution in [0.2, 0.25) is 0 Å². The molecule has 0 saturated carbocycles. The predicted octanol–water partition coefficient (Wildman–Crippen LogP) is 2.01. The highest BCUT2D eigenvalue weighted by atomic mass is 16.2. The molecular formula is C17H15N3O3. The first-order valence-corrected chi connectivity index (χ1v) is 7.23. The molecule has 2 heterocycles. The lowest BCUT2D eigenvalue weighted by Gasteiger charge is -2.13. The molecule has 0 bridgehead atoms. The van der Waals surface area contributed by atoms with E-state index in [1.165, 1.54) is 0 Å². The van der Waals surface area contributed by atoms with E-state index < -0.39 is 0 Å². The van der Waals surface area contributed by atoms with Crippen LogP contribution >= 0.6 is 0 Å². The summed E-state index contributed by atoms with van der Waals surface area (Å²) in [4.78, 5) is 41.5. The van der Waals surface area contributed by atoms with Crippen molar-refractivity contribution < 1.29 is 14.4 Å². The van der Waals surface area contributed by atoms with Gasteiger partial charge in [0.1, 0.15) is 0 Å². The highest BCUT2D eigenvalue weighted by Crippen LogP contribution is 2.24. The van der Waals surface area contributed by atoms with Crippen molar-refractivity contribution in [1.29, 1.82) is 0 Å². The number of fused-ring (bicyclic) bond motifs is 1. The van der Waals surface area contributed by atoms with Gasteiger partial charge in [0.2, 0.25) is 5.91 Å². The molecule has 0 unspecified atom stereocenters. The Kier molecular flexibility index (Phi) is 3.89. The molecule has 6 nitrogen and oxygen atoms in total. The van der Waals surface area contributed by atoms with Crippen molar-refractivity contribution in [2.45, 2.75) is 13.3 Å². The van der Waals surface area contributed by atoms with Crippen molar-refractivity contribution in [3.63, 3.8) is 0 Å². The van der Waals surface area contributed by atoms with Crippen LogP contribution < -0.4 is 5.32 Å². The van der Waals surface area contributed by atoms with E-state index in [9.17, 15) is 14.4 Å². The molecule has 3 amide bonds. The van der Waals surface area contributed by atoms with E-state index >= 15 is 0 Å². The Labute approximate surface area is 133 Å². The van der Waals surface area contributed by atoms with Crippen molar-refractivity contribution >= 4 is 23.4 Å². The van der Waals surface area contributed by atoms with Gasteiger partial charge in [0.15, 0.2) is 0 Å². The number of imide groups is 1. The van der Waals surface area contributed by atoms with Crippen LogP contribution in [0.3, 0.4) is 0 Å². The maximum Gasteiger partial charge on any atom is 0.261 e. The monoisotopic (exact) mass is 309 g/mol. The molecule has 0 radical (unpaired) electrons. The first-order chi connectivity index (χ1) is 11.1. The highest BCUT2D eigenvalue weighted by Gasteiger charge is 2.35. The lowest BCUT2D eigenvalue weighted by molar-refractivity contribution is -0.116. The van der Waals surface area contributed by atoms with Gasteiger partial charge in [0, 0.05) is 31.0 Å². The zero-order valence-corrected chi connectivity index (χ0v) is 12.6. The molecule has 1 aromatic heterocycles. The third-order valence-corrected chi connectivity index (χ3v) is 3.65. The maximum absolute atomic E-state index is 12.3. The van der Waals surface area contributed by atoms with Crippen LogP contribution in [0.5, 0.6) is 0 Å². The summed E-state index contributed by atoms with van der Waals surface area (Å²) in [7, 11) is 0. The molecular weight excluding hydrogens is 294 g/mol. The molecule has 0 aliphatic carbocycles. The number of aromatic nitrogens is 1. The van der Waals surface area contributed by atoms with Gasteiger partial charge in [-0.25, -0.2) is 0 Å². The summed E-state index contributed by atoms with van der Waals surface area (Å²) < 4.78 is 0. The van der Waals surface area contributed by atoms with Crippen molar-refractivity contribution in [2.24, 2.45) is 0 Å². The van der Waals surface area contributed by atoms with Crippen molar-refractivity contribution in [3.8, 4) is 0 Å². The van der Waals surface area contributed by atoms with Crippen LogP contribution in [0.1, 0.15) is 32.7 Å². The smallest absolute Gasteiger partial charge is 0.261 e. The van der Waals surface area contributed by atoms with Crippen LogP contribution in [0.15, 0.2) is 42.7 Å². The van der Waals surface area contributed by atoms with Crippen LogP contribution in [0.4, 0.5) is 5.69 Å². The minimum atomic E-state index is -0.346. The number of nitrogens with zero attached hydrogens (tertiary/aromatic N) is 2. The standard InChI is InChI=1S/C17H15N3O3/c1-11-2-3-13-14(10-11)17(23)20(16(13)22)9-6-15(21)19-12-4-7-18-8-5-12/h2-5,7-8,10H,6,9H2,1H3,(H,18,19,21). The molecule has 23 heavy (non-hydrogen) atoms. The molecule has 6 heteroatoms. The molecule has 1 aliphatic heterocycles. The van der Waals surface area contributed by atoms with Gasteiger partial charge >= 0.3 is 0 Å². The quantitative estimate of drug-likeness (QED) is 0.876. The normalized spacial score (nSPS) is 13.2. The molecule has 0 atom stereocenters. The van der Waals surface area contributed by atoms with E-state index in [0.717, 1.165) is 10.5 Å². The SMILES string of the molecule is Cc1ccc2c(c1)C(=O)N(CCC(=O)Nc1ccncc1)C2=O. The van der Waals surface area contributed by atoms with Gasteiger partial charge in [-0.3, -0.25) is 24.3 Å². The molecule has 116 valence electrons. The zero-order valence-electron chi connectivity index (χ0n) is 12.6. The summed E-state index contributed by atoms with van der Waals surface area (Å²) in [5.41, 5.74) is 2.35. The summed E-state index contributed by atoms with van der Waals surface area (Å²) in [6, 6.07) is 8.49. The Hall–Kier alpha value is -3.02.